The molecule has 0 aliphatic carbocycles. The van der Waals surface area contributed by atoms with Gasteiger partial charge in [-0.25, -0.2) is 9.99 Å². The van der Waals surface area contributed by atoms with Crippen molar-refractivity contribution in [2.45, 2.75) is 12.5 Å². The van der Waals surface area contributed by atoms with Crippen molar-refractivity contribution in [1.82, 2.24) is 4.98 Å². The molecule has 0 unspecified atom stereocenters. The smallest absolute Gasteiger partial charge is 0.207 e. The Balaban J connectivity index is 1.50. The number of furan rings is 1. The van der Waals surface area contributed by atoms with Gasteiger partial charge in [0.2, 0.25) is 5.13 Å². The lowest BCUT2D eigenvalue weighted by molar-refractivity contribution is 0.415. The van der Waals surface area contributed by atoms with Crippen LogP contribution in [0, 0.1) is 3.57 Å². The van der Waals surface area contributed by atoms with Gasteiger partial charge in [0.1, 0.15) is 17.6 Å². The zero-order valence-electron chi connectivity index (χ0n) is 16.2. The van der Waals surface area contributed by atoms with Crippen molar-refractivity contribution in [2.24, 2.45) is 5.10 Å². The van der Waals surface area contributed by atoms with Gasteiger partial charge in [0.25, 0.3) is 0 Å². The number of methoxy groups -OCH3 is 1. The molecule has 0 radical (unpaired) electrons. The molecule has 2 aromatic heterocycles. The first-order valence-corrected chi connectivity index (χ1v) is 11.4. The highest BCUT2D eigenvalue weighted by molar-refractivity contribution is 14.1. The fourth-order valence-electron chi connectivity index (χ4n) is 3.47. The van der Waals surface area contributed by atoms with Crippen LogP contribution in [0.5, 0.6) is 5.75 Å². The summed E-state index contributed by atoms with van der Waals surface area (Å²) in [5.74, 6) is 1.71. The van der Waals surface area contributed by atoms with Gasteiger partial charge in [-0.05, 0) is 76.7 Å². The first kappa shape index (κ1) is 19.3. The molecule has 5 nitrogen and oxygen atoms in total. The summed E-state index contributed by atoms with van der Waals surface area (Å²) >= 11 is 3.90. The van der Waals surface area contributed by atoms with Gasteiger partial charge in [-0.3, -0.25) is 0 Å². The van der Waals surface area contributed by atoms with E-state index in [0.717, 1.165) is 45.6 Å². The lowest BCUT2D eigenvalue weighted by Crippen LogP contribution is -2.17. The first-order chi connectivity index (χ1) is 14.7. The Morgan fingerprint density at radius 2 is 1.83 bits per heavy atom. The number of halogens is 1. The number of benzene rings is 2. The van der Waals surface area contributed by atoms with Crippen LogP contribution >= 0.6 is 33.9 Å². The van der Waals surface area contributed by atoms with Crippen LogP contribution in [0.25, 0.3) is 11.3 Å². The number of hydrazone groups is 1. The van der Waals surface area contributed by atoms with E-state index in [1.54, 1.807) is 24.7 Å². The third-order valence-corrected chi connectivity index (χ3v) is 6.58. The normalized spacial score (nSPS) is 16.0. The molecule has 0 saturated carbocycles. The van der Waals surface area contributed by atoms with Gasteiger partial charge in [-0.1, -0.05) is 12.1 Å². The molecule has 7 heteroatoms. The zero-order chi connectivity index (χ0) is 20.5. The Morgan fingerprint density at radius 1 is 1.07 bits per heavy atom. The SMILES string of the molecule is COc1ccc(C2=NN(c3nc(-c4ccc(I)cc4)cs3)[C@H](c3ccco3)C2)cc1. The van der Waals surface area contributed by atoms with E-state index in [1.807, 2.05) is 41.4 Å². The fourth-order valence-corrected chi connectivity index (χ4v) is 4.66. The van der Waals surface area contributed by atoms with Crippen molar-refractivity contribution < 1.29 is 9.15 Å². The molecule has 3 heterocycles. The van der Waals surface area contributed by atoms with Crippen LogP contribution < -0.4 is 9.75 Å². The first-order valence-electron chi connectivity index (χ1n) is 9.47. The molecular formula is C23H18IN3O2S. The predicted molar refractivity (Wildman–Crippen MR) is 128 cm³/mol. The Bertz CT molecular complexity index is 1170. The number of aromatic nitrogens is 1. The Kier molecular flexibility index (Phi) is 5.30. The monoisotopic (exact) mass is 527 g/mol. The second-order valence-corrected chi connectivity index (χ2v) is 8.96. The van der Waals surface area contributed by atoms with Gasteiger partial charge in [-0.2, -0.15) is 5.10 Å². The van der Waals surface area contributed by atoms with E-state index in [1.165, 1.54) is 3.57 Å². The number of anilines is 1. The molecule has 1 aliphatic heterocycles. The van der Waals surface area contributed by atoms with Gasteiger partial charge < -0.3 is 9.15 Å². The second-order valence-electron chi connectivity index (χ2n) is 6.88. The quantitative estimate of drug-likeness (QED) is 0.283. The summed E-state index contributed by atoms with van der Waals surface area (Å²) < 4.78 is 12.2. The summed E-state index contributed by atoms with van der Waals surface area (Å²) in [6, 6.07) is 20.3. The molecule has 0 spiro atoms. The summed E-state index contributed by atoms with van der Waals surface area (Å²) in [6.45, 7) is 0. The van der Waals surface area contributed by atoms with Crippen LogP contribution in [0.1, 0.15) is 23.8 Å². The number of nitrogens with zero attached hydrogens (tertiary/aromatic N) is 3. The number of hydrogen-bond acceptors (Lipinski definition) is 6. The third-order valence-electron chi connectivity index (χ3n) is 5.03. The highest BCUT2D eigenvalue weighted by Gasteiger charge is 2.33. The van der Waals surface area contributed by atoms with Crippen LogP contribution in [-0.2, 0) is 0 Å². The highest BCUT2D eigenvalue weighted by Crippen LogP contribution is 2.39. The fraction of sp³-hybridized carbons (Fsp3) is 0.130. The minimum Gasteiger partial charge on any atom is -0.497 e. The van der Waals surface area contributed by atoms with E-state index >= 15 is 0 Å². The molecule has 0 amide bonds. The molecule has 1 atom stereocenters. The Hall–Kier alpha value is -2.65. The van der Waals surface area contributed by atoms with Crippen LogP contribution in [0.2, 0.25) is 0 Å². The number of hydrogen-bond donors (Lipinski definition) is 0. The van der Waals surface area contributed by atoms with Gasteiger partial charge >= 0.3 is 0 Å². The summed E-state index contributed by atoms with van der Waals surface area (Å²) in [4.78, 5) is 4.88. The molecule has 0 fully saturated rings. The molecule has 0 saturated heterocycles. The predicted octanol–water partition coefficient (Wildman–Crippen LogP) is 6.37. The lowest BCUT2D eigenvalue weighted by Gasteiger charge is -2.18. The van der Waals surface area contributed by atoms with Gasteiger partial charge in [0.15, 0.2) is 0 Å². The molecule has 0 bridgehead atoms. The van der Waals surface area contributed by atoms with E-state index < -0.39 is 0 Å². The average Bonchev–Trinajstić information content (AvgIpc) is 3.54. The Labute approximate surface area is 192 Å². The maximum atomic E-state index is 5.74. The highest BCUT2D eigenvalue weighted by atomic mass is 127. The van der Waals surface area contributed by atoms with Crippen LogP contribution in [-0.4, -0.2) is 17.8 Å². The van der Waals surface area contributed by atoms with Crippen molar-refractivity contribution in [1.29, 1.82) is 0 Å². The molecule has 5 rings (SSSR count). The van der Waals surface area contributed by atoms with Crippen LogP contribution in [0.3, 0.4) is 0 Å². The van der Waals surface area contributed by atoms with Crippen molar-refractivity contribution in [3.8, 4) is 17.0 Å². The van der Waals surface area contributed by atoms with Crippen molar-refractivity contribution in [3.05, 3.63) is 87.2 Å². The zero-order valence-corrected chi connectivity index (χ0v) is 19.1. The number of thiazole rings is 1. The van der Waals surface area contributed by atoms with Gasteiger partial charge in [-0.15, -0.1) is 11.3 Å². The molecule has 2 aromatic carbocycles. The molecule has 4 aromatic rings. The summed E-state index contributed by atoms with van der Waals surface area (Å²) in [7, 11) is 1.67. The topological polar surface area (TPSA) is 50.9 Å². The summed E-state index contributed by atoms with van der Waals surface area (Å²) in [6.07, 6.45) is 2.45. The minimum absolute atomic E-state index is 0.0205. The number of ether oxygens (including phenoxy) is 1. The molecular weight excluding hydrogens is 509 g/mol. The maximum absolute atomic E-state index is 5.74. The van der Waals surface area contributed by atoms with Crippen LogP contribution in [0.15, 0.2) is 81.8 Å². The Morgan fingerprint density at radius 3 is 2.53 bits per heavy atom. The van der Waals surface area contributed by atoms with Crippen LogP contribution in [0.4, 0.5) is 5.13 Å². The summed E-state index contributed by atoms with van der Waals surface area (Å²) in [5, 5.41) is 9.86. The lowest BCUT2D eigenvalue weighted by atomic mass is 10.0. The molecule has 1 aliphatic rings. The maximum Gasteiger partial charge on any atom is 0.207 e. The van der Waals surface area contributed by atoms with Gasteiger partial charge in [0, 0.05) is 20.9 Å². The van der Waals surface area contributed by atoms with E-state index in [9.17, 15) is 0 Å². The third kappa shape index (κ3) is 3.75. The van der Waals surface area contributed by atoms with Crippen molar-refractivity contribution >= 4 is 44.8 Å². The van der Waals surface area contributed by atoms with E-state index in [2.05, 4.69) is 52.2 Å². The second kappa shape index (κ2) is 8.23. The molecule has 150 valence electrons. The minimum atomic E-state index is -0.0205. The largest absolute Gasteiger partial charge is 0.497 e. The summed E-state index contributed by atoms with van der Waals surface area (Å²) in [5.41, 5.74) is 4.14. The van der Waals surface area contributed by atoms with Gasteiger partial charge in [0.05, 0.1) is 24.8 Å². The average molecular weight is 527 g/mol. The standard InChI is InChI=1S/C23H18IN3O2S/c1-28-18-10-6-15(7-11-18)19-13-21(22-3-2-12-29-22)27(26-19)23-25-20(14-30-23)16-4-8-17(24)9-5-16/h2-12,14,21H,13H2,1H3/t21-/m0/s1. The van der Waals surface area contributed by atoms with E-state index in [-0.39, 0.29) is 6.04 Å². The van der Waals surface area contributed by atoms with Crippen molar-refractivity contribution in [2.75, 3.05) is 12.1 Å². The number of rotatable bonds is 5. The van der Waals surface area contributed by atoms with Crippen molar-refractivity contribution in [3.63, 3.8) is 0 Å². The molecule has 0 N–H and O–H groups in total. The van der Waals surface area contributed by atoms with E-state index in [4.69, 9.17) is 19.2 Å². The molecule has 30 heavy (non-hydrogen) atoms. The van der Waals surface area contributed by atoms with E-state index in [0.29, 0.717) is 0 Å².